The van der Waals surface area contributed by atoms with Gasteiger partial charge in [-0.05, 0) is 30.9 Å². The van der Waals surface area contributed by atoms with E-state index < -0.39 is 0 Å². The van der Waals surface area contributed by atoms with Crippen molar-refractivity contribution in [3.63, 3.8) is 0 Å². The molecule has 2 nitrogen and oxygen atoms in total. The molecule has 1 heterocycles. The highest BCUT2D eigenvalue weighted by Crippen LogP contribution is 2.34. The van der Waals surface area contributed by atoms with Crippen LogP contribution < -0.4 is 0 Å². The fourth-order valence-corrected chi connectivity index (χ4v) is 3.57. The fourth-order valence-electron chi connectivity index (χ4n) is 3.07. The average Bonchev–Trinajstić information content (AvgIpc) is 3.17. The topological polar surface area (TPSA) is 17.8 Å². The minimum absolute atomic E-state index is 0.431. The molecule has 0 bridgehead atoms. The van der Waals surface area contributed by atoms with Gasteiger partial charge in [0.05, 0.1) is 11.9 Å². The summed E-state index contributed by atoms with van der Waals surface area (Å²) in [7, 11) is 0. The van der Waals surface area contributed by atoms with Crippen LogP contribution in [-0.4, -0.2) is 9.78 Å². The summed E-state index contributed by atoms with van der Waals surface area (Å²) in [5, 5.41) is 4.47. The Labute approximate surface area is 129 Å². The highest BCUT2D eigenvalue weighted by Gasteiger charge is 2.17. The van der Waals surface area contributed by atoms with E-state index in [2.05, 4.69) is 39.4 Å². The number of rotatable bonds is 5. The molecule has 2 aromatic rings. The Morgan fingerprint density at radius 3 is 2.70 bits per heavy atom. The SMILES string of the molecule is BrC(CCC1CCCC1)c1cnn(-c2ccccc2)c1. The lowest BCUT2D eigenvalue weighted by Gasteiger charge is -2.11. The van der Waals surface area contributed by atoms with Gasteiger partial charge in [0.1, 0.15) is 0 Å². The lowest BCUT2D eigenvalue weighted by atomic mass is 9.99. The third-order valence-electron chi connectivity index (χ3n) is 4.29. The van der Waals surface area contributed by atoms with Crippen LogP contribution in [0, 0.1) is 5.92 Å². The van der Waals surface area contributed by atoms with E-state index in [0.717, 1.165) is 11.6 Å². The molecular formula is C17H21BrN2. The number of hydrogen-bond donors (Lipinski definition) is 0. The third kappa shape index (κ3) is 3.32. The van der Waals surface area contributed by atoms with Crippen LogP contribution in [0.5, 0.6) is 0 Å². The zero-order chi connectivity index (χ0) is 13.8. The second-order valence-corrected chi connectivity index (χ2v) is 6.85. The molecule has 3 heteroatoms. The molecule has 1 aromatic carbocycles. The van der Waals surface area contributed by atoms with Crippen molar-refractivity contribution in [2.24, 2.45) is 5.92 Å². The minimum atomic E-state index is 0.431. The van der Waals surface area contributed by atoms with Gasteiger partial charge in [0, 0.05) is 16.6 Å². The van der Waals surface area contributed by atoms with Crippen molar-refractivity contribution in [3.8, 4) is 5.69 Å². The molecule has 1 aliphatic rings. The predicted octanol–water partition coefficient (Wildman–Crippen LogP) is 5.28. The van der Waals surface area contributed by atoms with Crippen LogP contribution in [0.4, 0.5) is 0 Å². The Morgan fingerprint density at radius 1 is 1.20 bits per heavy atom. The molecule has 0 aliphatic heterocycles. The number of benzene rings is 1. The van der Waals surface area contributed by atoms with Gasteiger partial charge >= 0.3 is 0 Å². The van der Waals surface area contributed by atoms with Crippen molar-refractivity contribution in [1.29, 1.82) is 0 Å². The van der Waals surface area contributed by atoms with Crippen LogP contribution in [0.15, 0.2) is 42.7 Å². The van der Waals surface area contributed by atoms with E-state index in [0.29, 0.717) is 4.83 Å². The molecule has 1 atom stereocenters. The van der Waals surface area contributed by atoms with Crippen LogP contribution in [0.3, 0.4) is 0 Å². The van der Waals surface area contributed by atoms with Crippen molar-refractivity contribution < 1.29 is 0 Å². The summed E-state index contributed by atoms with van der Waals surface area (Å²) in [5.41, 5.74) is 2.40. The first kappa shape index (κ1) is 13.9. The molecule has 106 valence electrons. The highest BCUT2D eigenvalue weighted by atomic mass is 79.9. The molecule has 1 unspecified atom stereocenters. The Hall–Kier alpha value is -1.09. The van der Waals surface area contributed by atoms with Gasteiger partial charge in [-0.25, -0.2) is 4.68 Å². The summed E-state index contributed by atoms with van der Waals surface area (Å²) < 4.78 is 1.96. The van der Waals surface area contributed by atoms with Crippen molar-refractivity contribution in [2.75, 3.05) is 0 Å². The minimum Gasteiger partial charge on any atom is -0.241 e. The Bertz CT molecular complexity index is 529. The van der Waals surface area contributed by atoms with E-state index in [1.54, 1.807) is 0 Å². The maximum absolute atomic E-state index is 4.47. The first-order valence-electron chi connectivity index (χ1n) is 7.57. The van der Waals surface area contributed by atoms with Crippen LogP contribution in [0.1, 0.15) is 48.9 Å². The van der Waals surface area contributed by atoms with Crippen LogP contribution in [0.25, 0.3) is 5.69 Å². The summed E-state index contributed by atoms with van der Waals surface area (Å²) in [4.78, 5) is 0.431. The van der Waals surface area contributed by atoms with Gasteiger partial charge in [0.15, 0.2) is 0 Å². The molecule has 20 heavy (non-hydrogen) atoms. The predicted molar refractivity (Wildman–Crippen MR) is 86.4 cm³/mol. The van der Waals surface area contributed by atoms with E-state index >= 15 is 0 Å². The lowest BCUT2D eigenvalue weighted by Crippen LogP contribution is -1.97. The fraction of sp³-hybridized carbons (Fsp3) is 0.471. The second kappa shape index (κ2) is 6.57. The molecule has 0 N–H and O–H groups in total. The summed E-state index contributed by atoms with van der Waals surface area (Å²) in [6.07, 6.45) is 12.4. The van der Waals surface area contributed by atoms with Crippen molar-refractivity contribution in [2.45, 2.75) is 43.4 Å². The molecule has 1 saturated carbocycles. The second-order valence-electron chi connectivity index (χ2n) is 5.75. The smallest absolute Gasteiger partial charge is 0.0645 e. The standard InChI is InChI=1S/C17H21BrN2/c18-17(11-10-14-6-4-5-7-14)15-12-19-20(13-15)16-8-2-1-3-9-16/h1-3,8-9,12-14,17H,4-7,10-11H2. The normalized spacial score (nSPS) is 17.4. The number of nitrogens with zero attached hydrogens (tertiary/aromatic N) is 2. The maximum atomic E-state index is 4.47. The molecule has 1 aromatic heterocycles. The number of aromatic nitrogens is 2. The van der Waals surface area contributed by atoms with Gasteiger partial charge in [-0.3, -0.25) is 0 Å². The van der Waals surface area contributed by atoms with Gasteiger partial charge in [-0.2, -0.15) is 5.10 Å². The van der Waals surface area contributed by atoms with Gasteiger partial charge in [-0.15, -0.1) is 0 Å². The van der Waals surface area contributed by atoms with E-state index in [1.165, 1.54) is 44.1 Å². The van der Waals surface area contributed by atoms with E-state index in [9.17, 15) is 0 Å². The first-order chi connectivity index (χ1) is 9.83. The Kier molecular flexibility index (Phi) is 4.56. The average molecular weight is 333 g/mol. The zero-order valence-electron chi connectivity index (χ0n) is 11.7. The Balaban J connectivity index is 1.61. The molecule has 0 radical (unpaired) electrons. The van der Waals surface area contributed by atoms with Crippen molar-refractivity contribution in [1.82, 2.24) is 9.78 Å². The molecular weight excluding hydrogens is 312 g/mol. The third-order valence-corrected chi connectivity index (χ3v) is 5.27. The molecule has 3 rings (SSSR count). The maximum Gasteiger partial charge on any atom is 0.0645 e. The quantitative estimate of drug-likeness (QED) is 0.681. The molecule has 1 fully saturated rings. The van der Waals surface area contributed by atoms with Gasteiger partial charge < -0.3 is 0 Å². The lowest BCUT2D eigenvalue weighted by molar-refractivity contribution is 0.483. The number of hydrogen-bond acceptors (Lipinski definition) is 1. The van der Waals surface area contributed by atoms with E-state index in [4.69, 9.17) is 0 Å². The number of alkyl halides is 1. The largest absolute Gasteiger partial charge is 0.241 e. The number of para-hydroxylation sites is 1. The summed E-state index contributed by atoms with van der Waals surface area (Å²) in [6.45, 7) is 0. The molecule has 1 aliphatic carbocycles. The summed E-state index contributed by atoms with van der Waals surface area (Å²) in [5.74, 6) is 0.958. The zero-order valence-corrected chi connectivity index (χ0v) is 13.3. The number of halogens is 1. The van der Waals surface area contributed by atoms with Gasteiger partial charge in [-0.1, -0.05) is 59.8 Å². The molecule has 0 spiro atoms. The summed E-state index contributed by atoms with van der Waals surface area (Å²) >= 11 is 3.83. The molecule has 0 saturated heterocycles. The Morgan fingerprint density at radius 2 is 1.95 bits per heavy atom. The monoisotopic (exact) mass is 332 g/mol. The molecule has 0 amide bonds. The van der Waals surface area contributed by atoms with Crippen LogP contribution in [-0.2, 0) is 0 Å². The van der Waals surface area contributed by atoms with E-state index in [1.807, 2.05) is 29.1 Å². The van der Waals surface area contributed by atoms with E-state index in [-0.39, 0.29) is 0 Å². The van der Waals surface area contributed by atoms with Crippen LogP contribution in [0.2, 0.25) is 0 Å². The van der Waals surface area contributed by atoms with Gasteiger partial charge in [0.2, 0.25) is 0 Å². The highest BCUT2D eigenvalue weighted by molar-refractivity contribution is 9.09. The summed E-state index contributed by atoms with van der Waals surface area (Å²) in [6, 6.07) is 10.3. The van der Waals surface area contributed by atoms with Gasteiger partial charge in [0.25, 0.3) is 0 Å². The van der Waals surface area contributed by atoms with Crippen molar-refractivity contribution in [3.05, 3.63) is 48.3 Å². The van der Waals surface area contributed by atoms with Crippen molar-refractivity contribution >= 4 is 15.9 Å². The van der Waals surface area contributed by atoms with Crippen LogP contribution >= 0.6 is 15.9 Å². The first-order valence-corrected chi connectivity index (χ1v) is 8.48.